The molecule has 0 aliphatic rings. The lowest BCUT2D eigenvalue weighted by molar-refractivity contribution is -0.137. The number of hydrogen-bond donors (Lipinski definition) is 1. The van der Waals surface area contributed by atoms with Gasteiger partial charge in [-0.15, -0.1) is 11.3 Å². The Kier molecular flexibility index (Phi) is 4.91. The molecule has 2 nitrogen and oxygen atoms in total. The number of thiazole rings is 1. The van der Waals surface area contributed by atoms with E-state index in [1.807, 2.05) is 19.9 Å². The Bertz CT molecular complexity index is 623. The number of hydrogen-bond acceptors (Lipinski definition) is 3. The zero-order valence-corrected chi connectivity index (χ0v) is 13.0. The van der Waals surface area contributed by atoms with Gasteiger partial charge in [-0.2, -0.15) is 13.2 Å². The first-order chi connectivity index (χ1) is 9.77. The molecule has 0 aliphatic carbocycles. The molecule has 1 heterocycles. The Morgan fingerprint density at radius 1 is 1.33 bits per heavy atom. The fourth-order valence-electron chi connectivity index (χ4n) is 1.70. The summed E-state index contributed by atoms with van der Waals surface area (Å²) in [4.78, 5) is 3.87. The van der Waals surface area contributed by atoms with E-state index in [1.54, 1.807) is 12.1 Å². The van der Waals surface area contributed by atoms with Crippen LogP contribution in [0.15, 0.2) is 24.4 Å². The van der Waals surface area contributed by atoms with Crippen LogP contribution in [0.2, 0.25) is 5.02 Å². The molecule has 0 spiro atoms. The molecule has 0 amide bonds. The minimum Gasteiger partial charge on any atom is -0.310 e. The molecular formula is C14H14ClF3N2S. The van der Waals surface area contributed by atoms with Crippen molar-refractivity contribution in [2.75, 3.05) is 0 Å². The highest BCUT2D eigenvalue weighted by atomic mass is 35.5. The van der Waals surface area contributed by atoms with E-state index in [-0.39, 0.29) is 0 Å². The Morgan fingerprint density at radius 2 is 2.05 bits per heavy atom. The molecule has 7 heteroatoms. The van der Waals surface area contributed by atoms with Crippen molar-refractivity contribution in [2.24, 2.45) is 0 Å². The third-order valence-corrected chi connectivity index (χ3v) is 4.23. The molecular weight excluding hydrogens is 321 g/mol. The van der Waals surface area contributed by atoms with E-state index in [4.69, 9.17) is 11.6 Å². The molecule has 2 aromatic rings. The predicted molar refractivity (Wildman–Crippen MR) is 79.5 cm³/mol. The first-order valence-electron chi connectivity index (χ1n) is 6.32. The normalized spacial score (nSPS) is 12.1. The molecule has 0 fully saturated rings. The Morgan fingerprint density at radius 3 is 2.57 bits per heavy atom. The van der Waals surface area contributed by atoms with Gasteiger partial charge in [0.2, 0.25) is 0 Å². The van der Waals surface area contributed by atoms with Crippen molar-refractivity contribution in [3.63, 3.8) is 0 Å². The van der Waals surface area contributed by atoms with Crippen molar-refractivity contribution in [1.29, 1.82) is 0 Å². The highest BCUT2D eigenvalue weighted by molar-refractivity contribution is 7.15. The van der Waals surface area contributed by atoms with E-state index in [2.05, 4.69) is 10.3 Å². The number of aromatic nitrogens is 1. The maximum atomic E-state index is 12.5. The van der Waals surface area contributed by atoms with Gasteiger partial charge in [-0.1, -0.05) is 37.6 Å². The largest absolute Gasteiger partial charge is 0.443 e. The SMILES string of the molecule is CC(C)NCc1ccc(-c2cnc(C(F)(F)F)s2)cc1Cl. The van der Waals surface area contributed by atoms with Gasteiger partial charge in [0.25, 0.3) is 0 Å². The minimum absolute atomic E-state index is 0.330. The van der Waals surface area contributed by atoms with Crippen LogP contribution in [0.1, 0.15) is 24.4 Å². The molecule has 0 atom stereocenters. The molecule has 0 unspecified atom stereocenters. The van der Waals surface area contributed by atoms with Crippen molar-refractivity contribution in [2.45, 2.75) is 32.6 Å². The molecule has 0 saturated heterocycles. The van der Waals surface area contributed by atoms with Gasteiger partial charge in [0.15, 0.2) is 5.01 Å². The summed E-state index contributed by atoms with van der Waals surface area (Å²) in [5, 5.41) is 2.93. The average Bonchev–Trinajstić information content (AvgIpc) is 2.86. The second-order valence-corrected chi connectivity index (χ2v) is 6.31. The molecule has 21 heavy (non-hydrogen) atoms. The molecule has 1 aromatic carbocycles. The lowest BCUT2D eigenvalue weighted by atomic mass is 10.1. The smallest absolute Gasteiger partial charge is 0.310 e. The summed E-state index contributed by atoms with van der Waals surface area (Å²) in [6.07, 6.45) is -3.18. The van der Waals surface area contributed by atoms with E-state index >= 15 is 0 Å². The average molecular weight is 335 g/mol. The van der Waals surface area contributed by atoms with Crippen LogP contribution in [0.4, 0.5) is 13.2 Å². The molecule has 114 valence electrons. The number of nitrogens with one attached hydrogen (secondary N) is 1. The van der Waals surface area contributed by atoms with E-state index in [1.165, 1.54) is 6.20 Å². The van der Waals surface area contributed by atoms with Crippen molar-refractivity contribution < 1.29 is 13.2 Å². The summed E-state index contributed by atoms with van der Waals surface area (Å²) < 4.78 is 37.6. The van der Waals surface area contributed by atoms with Crippen LogP contribution in [-0.4, -0.2) is 11.0 Å². The van der Waals surface area contributed by atoms with Gasteiger partial charge in [0.05, 0.1) is 4.88 Å². The van der Waals surface area contributed by atoms with Gasteiger partial charge >= 0.3 is 6.18 Å². The number of alkyl halides is 3. The standard InChI is InChI=1S/C14H14ClF3N2S/c1-8(2)19-6-10-4-3-9(5-11(10)15)12-7-20-13(21-12)14(16,17)18/h3-5,7-8,19H,6H2,1-2H3. The number of nitrogens with zero attached hydrogens (tertiary/aromatic N) is 1. The molecule has 1 aromatic heterocycles. The van der Waals surface area contributed by atoms with Gasteiger partial charge in [0, 0.05) is 23.8 Å². The summed E-state index contributed by atoms with van der Waals surface area (Å²) in [5.74, 6) is 0. The molecule has 1 N–H and O–H groups in total. The monoisotopic (exact) mass is 334 g/mol. The Hall–Kier alpha value is -1.11. The maximum absolute atomic E-state index is 12.5. The summed E-state index contributed by atoms with van der Waals surface area (Å²) in [7, 11) is 0. The van der Waals surface area contributed by atoms with Crippen LogP contribution >= 0.6 is 22.9 Å². The van der Waals surface area contributed by atoms with Crippen molar-refractivity contribution in [3.8, 4) is 10.4 Å². The quantitative estimate of drug-likeness (QED) is 0.853. The summed E-state index contributed by atoms with van der Waals surface area (Å²) in [5.41, 5.74) is 1.55. The van der Waals surface area contributed by atoms with Crippen LogP contribution in [0.3, 0.4) is 0 Å². The fraction of sp³-hybridized carbons (Fsp3) is 0.357. The summed E-state index contributed by atoms with van der Waals surface area (Å²) in [6, 6.07) is 5.58. The highest BCUT2D eigenvalue weighted by Gasteiger charge is 2.34. The van der Waals surface area contributed by atoms with Crippen molar-refractivity contribution in [1.82, 2.24) is 10.3 Å². The maximum Gasteiger partial charge on any atom is 0.443 e. The van der Waals surface area contributed by atoms with Crippen LogP contribution in [-0.2, 0) is 12.7 Å². The van der Waals surface area contributed by atoms with Crippen LogP contribution in [0, 0.1) is 0 Å². The summed E-state index contributed by atoms with van der Waals surface area (Å²) in [6.45, 7) is 4.67. The van der Waals surface area contributed by atoms with Crippen molar-refractivity contribution in [3.05, 3.63) is 40.0 Å². The topological polar surface area (TPSA) is 24.9 Å². The number of benzene rings is 1. The fourth-order valence-corrected chi connectivity index (χ4v) is 2.72. The lowest BCUT2D eigenvalue weighted by Crippen LogP contribution is -2.21. The minimum atomic E-state index is -4.41. The molecule has 2 rings (SSSR count). The van der Waals surface area contributed by atoms with Crippen molar-refractivity contribution >= 4 is 22.9 Å². The molecule has 0 bridgehead atoms. The van der Waals surface area contributed by atoms with Gasteiger partial charge in [-0.25, -0.2) is 4.98 Å². The van der Waals surface area contributed by atoms with E-state index < -0.39 is 11.2 Å². The number of rotatable bonds is 4. The zero-order chi connectivity index (χ0) is 15.6. The van der Waals surface area contributed by atoms with Crippen LogP contribution < -0.4 is 5.32 Å². The van der Waals surface area contributed by atoms with E-state index in [0.29, 0.717) is 39.4 Å². The van der Waals surface area contributed by atoms with Gasteiger partial charge in [0.1, 0.15) is 0 Å². The molecule has 0 saturated carbocycles. The third kappa shape index (κ3) is 4.18. The zero-order valence-electron chi connectivity index (χ0n) is 11.5. The van der Waals surface area contributed by atoms with Gasteiger partial charge in [-0.05, 0) is 17.2 Å². The summed E-state index contributed by atoms with van der Waals surface area (Å²) >= 11 is 6.80. The second kappa shape index (κ2) is 6.34. The molecule has 0 aliphatic heterocycles. The Labute approximate surface area is 130 Å². The predicted octanol–water partition coefficient (Wildman–Crippen LogP) is 4.98. The first-order valence-corrected chi connectivity index (χ1v) is 7.52. The van der Waals surface area contributed by atoms with Gasteiger partial charge in [-0.3, -0.25) is 0 Å². The highest BCUT2D eigenvalue weighted by Crippen LogP contribution is 2.37. The second-order valence-electron chi connectivity index (χ2n) is 4.87. The Balaban J connectivity index is 2.22. The van der Waals surface area contributed by atoms with E-state index in [0.717, 1.165) is 5.56 Å². The molecule has 0 radical (unpaired) electrons. The first kappa shape index (κ1) is 16.3. The van der Waals surface area contributed by atoms with Gasteiger partial charge < -0.3 is 5.32 Å². The number of halogens is 4. The van der Waals surface area contributed by atoms with Crippen LogP contribution in [0.5, 0.6) is 0 Å². The van der Waals surface area contributed by atoms with E-state index in [9.17, 15) is 13.2 Å². The van der Waals surface area contributed by atoms with Crippen LogP contribution in [0.25, 0.3) is 10.4 Å². The lowest BCUT2D eigenvalue weighted by Gasteiger charge is -2.10. The third-order valence-electron chi connectivity index (χ3n) is 2.79.